The molecule has 9 heteroatoms. The fourth-order valence-electron chi connectivity index (χ4n) is 4.72. The van der Waals surface area contributed by atoms with Gasteiger partial charge in [0.1, 0.15) is 11.3 Å². The number of aryl methyl sites for hydroxylation is 1. The van der Waals surface area contributed by atoms with Crippen LogP contribution in [-0.2, 0) is 16.8 Å². The molecule has 1 aliphatic carbocycles. The molecule has 31 heavy (non-hydrogen) atoms. The van der Waals surface area contributed by atoms with E-state index in [1.807, 2.05) is 0 Å². The van der Waals surface area contributed by atoms with Crippen molar-refractivity contribution in [2.24, 2.45) is 0 Å². The molecule has 170 valence electrons. The average Bonchev–Trinajstić information content (AvgIpc) is 2.77. The number of aromatic hydroxyl groups is 1. The van der Waals surface area contributed by atoms with Gasteiger partial charge in [-0.1, -0.05) is 19.3 Å². The van der Waals surface area contributed by atoms with Crippen molar-refractivity contribution < 1.29 is 17.9 Å². The van der Waals surface area contributed by atoms with Crippen LogP contribution in [0.2, 0.25) is 0 Å². The summed E-state index contributed by atoms with van der Waals surface area (Å²) >= 11 is 0. The summed E-state index contributed by atoms with van der Waals surface area (Å²) in [5.41, 5.74) is 1.31. The summed E-state index contributed by atoms with van der Waals surface area (Å²) in [6.07, 6.45) is 5.25. The van der Waals surface area contributed by atoms with Gasteiger partial charge >= 0.3 is 5.63 Å². The number of rotatable bonds is 5. The maximum atomic E-state index is 13.1. The summed E-state index contributed by atoms with van der Waals surface area (Å²) in [4.78, 5) is 14.2. The number of hydrogen-bond donors (Lipinski definition) is 1. The monoisotopic (exact) mass is 449 g/mol. The van der Waals surface area contributed by atoms with Gasteiger partial charge in [0, 0.05) is 62.8 Å². The van der Waals surface area contributed by atoms with Crippen molar-refractivity contribution in [3.05, 3.63) is 39.7 Å². The lowest BCUT2D eigenvalue weighted by Crippen LogP contribution is -2.54. The molecule has 2 fully saturated rings. The van der Waals surface area contributed by atoms with Crippen molar-refractivity contribution in [3.63, 3.8) is 0 Å². The van der Waals surface area contributed by atoms with Crippen LogP contribution in [-0.4, -0.2) is 66.3 Å². The fraction of sp³-hybridized carbons (Fsp3) is 0.591. The SMILES string of the molecule is Cc1c(O)ccc2c(CN3CCN(S(=O)(=O)N(C)C4CCCCC4)CC3)cc(=O)oc12. The number of fused-ring (bicyclic) bond motifs is 1. The van der Waals surface area contributed by atoms with Crippen LogP contribution in [0.5, 0.6) is 5.75 Å². The molecule has 1 saturated heterocycles. The Labute approximate surface area is 183 Å². The molecular weight excluding hydrogens is 418 g/mol. The largest absolute Gasteiger partial charge is 0.508 e. The van der Waals surface area contributed by atoms with Gasteiger partial charge in [0.15, 0.2) is 0 Å². The van der Waals surface area contributed by atoms with Gasteiger partial charge in [-0.25, -0.2) is 4.79 Å². The van der Waals surface area contributed by atoms with Crippen LogP contribution in [0, 0.1) is 6.92 Å². The second-order valence-electron chi connectivity index (χ2n) is 8.67. The number of benzene rings is 1. The number of nitrogens with zero attached hydrogens (tertiary/aromatic N) is 3. The van der Waals surface area contributed by atoms with E-state index in [9.17, 15) is 18.3 Å². The Morgan fingerprint density at radius 3 is 2.48 bits per heavy atom. The minimum Gasteiger partial charge on any atom is -0.508 e. The zero-order valence-corrected chi connectivity index (χ0v) is 19.0. The van der Waals surface area contributed by atoms with Gasteiger partial charge in [0.05, 0.1) is 0 Å². The standard InChI is InChI=1S/C22H31N3O5S/c1-16-20(26)9-8-19-17(14-21(27)30-22(16)19)15-24-10-12-25(13-11-24)31(28,29)23(2)18-6-4-3-5-7-18/h8-9,14,18,26H,3-7,10-13,15H2,1-2H3. The van der Waals surface area contributed by atoms with Crippen molar-refractivity contribution in [2.75, 3.05) is 33.2 Å². The Kier molecular flexibility index (Phi) is 6.39. The highest BCUT2D eigenvalue weighted by molar-refractivity contribution is 7.86. The molecule has 0 amide bonds. The van der Waals surface area contributed by atoms with E-state index in [1.165, 1.54) is 12.5 Å². The second kappa shape index (κ2) is 8.90. The first-order valence-electron chi connectivity index (χ1n) is 11.0. The summed E-state index contributed by atoms with van der Waals surface area (Å²) in [7, 11) is -1.75. The molecule has 1 aromatic carbocycles. The smallest absolute Gasteiger partial charge is 0.336 e. The molecule has 1 aromatic heterocycles. The van der Waals surface area contributed by atoms with Gasteiger partial charge in [0.25, 0.3) is 10.2 Å². The fourth-order valence-corrected chi connectivity index (χ4v) is 6.30. The highest BCUT2D eigenvalue weighted by Gasteiger charge is 2.34. The highest BCUT2D eigenvalue weighted by atomic mass is 32.2. The highest BCUT2D eigenvalue weighted by Crippen LogP contribution is 2.29. The van der Waals surface area contributed by atoms with Gasteiger partial charge in [-0.2, -0.15) is 17.0 Å². The first-order chi connectivity index (χ1) is 14.8. The Balaban J connectivity index is 1.45. The zero-order chi connectivity index (χ0) is 22.2. The predicted octanol–water partition coefficient (Wildman–Crippen LogP) is 2.43. The van der Waals surface area contributed by atoms with E-state index < -0.39 is 15.8 Å². The van der Waals surface area contributed by atoms with Gasteiger partial charge in [0.2, 0.25) is 0 Å². The van der Waals surface area contributed by atoms with Gasteiger partial charge < -0.3 is 9.52 Å². The van der Waals surface area contributed by atoms with Crippen LogP contribution >= 0.6 is 0 Å². The summed E-state index contributed by atoms with van der Waals surface area (Å²) in [6.45, 7) is 4.29. The molecule has 8 nitrogen and oxygen atoms in total. The van der Waals surface area contributed by atoms with Crippen molar-refractivity contribution in [1.29, 1.82) is 0 Å². The maximum absolute atomic E-state index is 13.1. The summed E-state index contributed by atoms with van der Waals surface area (Å²) in [6, 6.07) is 4.95. The van der Waals surface area contributed by atoms with E-state index in [1.54, 1.807) is 34.7 Å². The lowest BCUT2D eigenvalue weighted by molar-refractivity contribution is 0.170. The van der Waals surface area contributed by atoms with Crippen LogP contribution in [0.25, 0.3) is 11.0 Å². The maximum Gasteiger partial charge on any atom is 0.336 e. The molecule has 2 aliphatic rings. The molecule has 1 saturated carbocycles. The van der Waals surface area contributed by atoms with E-state index >= 15 is 0 Å². The number of hydrogen-bond acceptors (Lipinski definition) is 6. The summed E-state index contributed by atoms with van der Waals surface area (Å²) in [5.74, 6) is 0.0914. The van der Waals surface area contributed by atoms with E-state index in [4.69, 9.17) is 4.42 Å². The number of phenols is 1. The molecule has 4 rings (SSSR count). The van der Waals surface area contributed by atoms with Crippen LogP contribution in [0.4, 0.5) is 0 Å². The molecule has 0 radical (unpaired) electrons. The van der Waals surface area contributed by atoms with Crippen LogP contribution < -0.4 is 5.63 Å². The molecule has 1 N–H and O–H groups in total. The molecule has 0 unspecified atom stereocenters. The average molecular weight is 450 g/mol. The third-order valence-electron chi connectivity index (χ3n) is 6.72. The minimum absolute atomic E-state index is 0.0914. The van der Waals surface area contributed by atoms with E-state index in [-0.39, 0.29) is 11.8 Å². The topological polar surface area (TPSA) is 94.3 Å². The third kappa shape index (κ3) is 4.50. The van der Waals surface area contributed by atoms with Crippen molar-refractivity contribution in [1.82, 2.24) is 13.5 Å². The zero-order valence-electron chi connectivity index (χ0n) is 18.2. The van der Waals surface area contributed by atoms with Gasteiger partial charge in [-0.15, -0.1) is 0 Å². The number of phenolic OH excluding ortho intramolecular Hbond substituents is 1. The van der Waals surface area contributed by atoms with Crippen LogP contribution in [0.3, 0.4) is 0 Å². The molecule has 0 bridgehead atoms. The molecule has 0 atom stereocenters. The Morgan fingerprint density at radius 1 is 1.13 bits per heavy atom. The minimum atomic E-state index is -3.46. The van der Waals surface area contributed by atoms with Crippen molar-refractivity contribution in [3.8, 4) is 5.75 Å². The molecule has 2 aromatic rings. The van der Waals surface area contributed by atoms with Gasteiger partial charge in [-0.3, -0.25) is 4.90 Å². The Hall–Kier alpha value is -1.94. The van der Waals surface area contributed by atoms with Crippen molar-refractivity contribution >= 4 is 21.2 Å². The lowest BCUT2D eigenvalue weighted by Gasteiger charge is -2.38. The van der Waals surface area contributed by atoms with Crippen LogP contribution in [0.15, 0.2) is 27.4 Å². The predicted molar refractivity (Wildman–Crippen MR) is 119 cm³/mol. The first kappa shape index (κ1) is 22.3. The van der Waals surface area contributed by atoms with E-state index in [0.29, 0.717) is 43.9 Å². The molecular formula is C22H31N3O5S. The normalized spacial score (nSPS) is 20.0. The van der Waals surface area contributed by atoms with E-state index in [2.05, 4.69) is 4.90 Å². The van der Waals surface area contributed by atoms with Crippen LogP contribution in [0.1, 0.15) is 43.2 Å². The van der Waals surface area contributed by atoms with E-state index in [0.717, 1.165) is 36.6 Å². The van der Waals surface area contributed by atoms with Gasteiger partial charge in [-0.05, 0) is 37.5 Å². The lowest BCUT2D eigenvalue weighted by atomic mass is 9.96. The summed E-state index contributed by atoms with van der Waals surface area (Å²) < 4.78 is 34.7. The Morgan fingerprint density at radius 2 is 1.81 bits per heavy atom. The third-order valence-corrected chi connectivity index (χ3v) is 8.77. The van der Waals surface area contributed by atoms with Crippen molar-refractivity contribution in [2.45, 2.75) is 51.6 Å². The second-order valence-corrected chi connectivity index (χ2v) is 10.7. The molecule has 1 aliphatic heterocycles. The Bertz CT molecular complexity index is 1100. The quantitative estimate of drug-likeness (QED) is 0.705. The first-order valence-corrected chi connectivity index (χ1v) is 12.4. The number of piperazine rings is 1. The molecule has 0 spiro atoms. The summed E-state index contributed by atoms with van der Waals surface area (Å²) in [5, 5.41) is 10.7. The molecule has 2 heterocycles.